The van der Waals surface area contributed by atoms with Crippen molar-refractivity contribution in [3.8, 4) is 22.1 Å². The van der Waals surface area contributed by atoms with E-state index in [0.29, 0.717) is 19.3 Å². The second-order valence-electron chi connectivity index (χ2n) is 8.33. The lowest BCUT2D eigenvalue weighted by Crippen LogP contribution is -2.16. The molecule has 0 saturated carbocycles. The number of alkyl halides is 6. The van der Waals surface area contributed by atoms with Gasteiger partial charge >= 0.3 is 20.2 Å². The van der Waals surface area contributed by atoms with Crippen molar-refractivity contribution in [2.45, 2.75) is 37.7 Å². The van der Waals surface area contributed by atoms with E-state index < -0.39 is 44.0 Å². The molecule has 0 aliphatic rings. The Morgan fingerprint density at radius 3 is 2.15 bits per heavy atom. The van der Waals surface area contributed by atoms with E-state index in [2.05, 4.69) is 14.7 Å². The van der Waals surface area contributed by atoms with Gasteiger partial charge in [0.2, 0.25) is 0 Å². The molecular formula is C23H24F6N3O6PS. The first-order valence-electron chi connectivity index (χ1n) is 11.6. The molecule has 1 aromatic heterocycles. The van der Waals surface area contributed by atoms with E-state index in [4.69, 9.17) is 25.0 Å². The summed E-state index contributed by atoms with van der Waals surface area (Å²) >= 11 is 0.849. The van der Waals surface area contributed by atoms with Gasteiger partial charge in [-0.05, 0) is 61.7 Å². The summed E-state index contributed by atoms with van der Waals surface area (Å²) in [5.41, 5.74) is 4.04. The van der Waals surface area contributed by atoms with E-state index in [-0.39, 0.29) is 40.3 Å². The van der Waals surface area contributed by atoms with Crippen molar-refractivity contribution in [2.75, 3.05) is 19.8 Å². The third-order valence-corrected chi connectivity index (χ3v) is 6.80. The molecule has 0 bridgehead atoms. The Labute approximate surface area is 228 Å². The molecule has 17 heteroatoms. The van der Waals surface area contributed by atoms with E-state index in [9.17, 15) is 30.9 Å². The molecule has 1 unspecified atom stereocenters. The fourth-order valence-corrected chi connectivity index (χ4v) is 4.43. The normalized spacial score (nSPS) is 13.3. The number of benzene rings is 2. The van der Waals surface area contributed by atoms with E-state index >= 15 is 0 Å². The molecule has 0 amide bonds. The van der Waals surface area contributed by atoms with Crippen LogP contribution in [0.3, 0.4) is 0 Å². The minimum absolute atomic E-state index is 0.0138. The molecule has 40 heavy (non-hydrogen) atoms. The number of phosphoric ester groups is 1. The fourth-order valence-electron chi connectivity index (χ4n) is 3.25. The number of halogens is 6. The lowest BCUT2D eigenvalue weighted by Gasteiger charge is -2.15. The monoisotopic (exact) mass is 615 g/mol. The van der Waals surface area contributed by atoms with Crippen molar-refractivity contribution in [3.63, 3.8) is 0 Å². The first-order chi connectivity index (χ1) is 18.6. The number of rotatable bonds is 13. The molecule has 1 atom stereocenters. The first-order valence-corrected chi connectivity index (χ1v) is 13.9. The maximum atomic E-state index is 13.7. The summed E-state index contributed by atoms with van der Waals surface area (Å²) in [5, 5.41) is 7.80. The zero-order valence-electron chi connectivity index (χ0n) is 20.5. The Kier molecular flexibility index (Phi) is 10.5. The Hall–Kier alpha value is -2.75. The molecule has 3 aromatic rings. The summed E-state index contributed by atoms with van der Waals surface area (Å²) in [6, 6.07) is 6.58. The molecule has 0 saturated heterocycles. The summed E-state index contributed by atoms with van der Waals surface area (Å²) in [6.07, 6.45) is -7.71. The number of ether oxygens (including phenoxy) is 2. The van der Waals surface area contributed by atoms with Crippen LogP contribution in [0.5, 0.6) is 11.5 Å². The summed E-state index contributed by atoms with van der Waals surface area (Å²) in [6.45, 7) is -0.368. The molecule has 9 nitrogen and oxygen atoms in total. The number of phosphoric acid groups is 1. The molecule has 0 aliphatic heterocycles. The molecule has 1 heterocycles. The van der Waals surface area contributed by atoms with Crippen molar-refractivity contribution in [1.82, 2.24) is 10.2 Å². The van der Waals surface area contributed by atoms with Crippen LogP contribution in [-0.4, -0.2) is 39.8 Å². The highest BCUT2D eigenvalue weighted by atomic mass is 32.1. The van der Waals surface area contributed by atoms with E-state index in [1.54, 1.807) is 0 Å². The molecule has 0 fully saturated rings. The maximum absolute atomic E-state index is 13.7. The minimum Gasteiger partial charge on any atom is -0.494 e. The van der Waals surface area contributed by atoms with Gasteiger partial charge in [0.1, 0.15) is 21.5 Å². The Morgan fingerprint density at radius 2 is 1.55 bits per heavy atom. The Morgan fingerprint density at radius 1 is 0.900 bits per heavy atom. The average Bonchev–Trinajstić information content (AvgIpc) is 3.36. The average molecular weight is 615 g/mol. The van der Waals surface area contributed by atoms with Crippen molar-refractivity contribution in [2.24, 2.45) is 5.73 Å². The van der Waals surface area contributed by atoms with Gasteiger partial charge in [0.15, 0.2) is 0 Å². The van der Waals surface area contributed by atoms with Gasteiger partial charge < -0.3 is 25.0 Å². The highest BCUT2D eigenvalue weighted by Crippen LogP contribution is 2.40. The maximum Gasteiger partial charge on any atom is 0.469 e. The highest BCUT2D eigenvalue weighted by Gasteiger charge is 2.35. The van der Waals surface area contributed by atoms with Gasteiger partial charge in [0.25, 0.3) is 0 Å². The number of nitrogens with two attached hydrogens (primary N) is 1. The van der Waals surface area contributed by atoms with Gasteiger partial charge in [-0.15, -0.1) is 10.2 Å². The van der Waals surface area contributed by atoms with Gasteiger partial charge in [0, 0.05) is 5.56 Å². The quantitative estimate of drug-likeness (QED) is 0.121. The third-order valence-electron chi connectivity index (χ3n) is 5.21. The van der Waals surface area contributed by atoms with Crippen LogP contribution >= 0.6 is 19.2 Å². The molecule has 0 spiro atoms. The van der Waals surface area contributed by atoms with Crippen molar-refractivity contribution in [3.05, 3.63) is 58.6 Å². The SMILES string of the molecule is NC(COP(=O)(O)O)c1nnc(-c2ccc(OCCCCCOc3ccc(C(F)(F)F)cc3)c(C(F)(F)F)c2)s1. The lowest BCUT2D eigenvalue weighted by atomic mass is 10.1. The van der Waals surface area contributed by atoms with E-state index in [0.717, 1.165) is 35.6 Å². The number of aromatic nitrogens is 2. The largest absolute Gasteiger partial charge is 0.494 e. The topological polar surface area (TPSA) is 137 Å². The highest BCUT2D eigenvalue weighted by molar-refractivity contribution is 7.46. The molecule has 0 radical (unpaired) electrons. The standard InChI is InChI=1S/C23H24F6N3O6PS/c24-22(25,26)15-5-7-16(8-6-15)36-10-2-1-3-11-37-19-9-4-14(12-17(19)23(27,28)29)20-31-32-21(40-20)18(30)13-38-39(33,34)35/h4-9,12,18H,1-3,10-11,13,30H2,(H2,33,34,35). The van der Waals surface area contributed by atoms with Crippen LogP contribution in [0.4, 0.5) is 26.3 Å². The Bertz CT molecular complexity index is 1300. The molecular weight excluding hydrogens is 591 g/mol. The van der Waals surface area contributed by atoms with Crippen LogP contribution in [0.2, 0.25) is 0 Å². The molecule has 0 aliphatic carbocycles. The zero-order valence-corrected chi connectivity index (χ0v) is 22.2. The van der Waals surface area contributed by atoms with Gasteiger partial charge in [-0.2, -0.15) is 26.3 Å². The molecule has 2 aromatic carbocycles. The second-order valence-corrected chi connectivity index (χ2v) is 10.6. The van der Waals surface area contributed by atoms with E-state index in [1.165, 1.54) is 18.2 Å². The van der Waals surface area contributed by atoms with Gasteiger partial charge in [-0.25, -0.2) is 4.57 Å². The van der Waals surface area contributed by atoms with Gasteiger partial charge in [0.05, 0.1) is 37.0 Å². The van der Waals surface area contributed by atoms with Crippen LogP contribution in [0.25, 0.3) is 10.6 Å². The number of nitrogens with zero attached hydrogens (tertiary/aromatic N) is 2. The fraction of sp³-hybridized carbons (Fsp3) is 0.391. The summed E-state index contributed by atoms with van der Waals surface area (Å²) in [5.74, 6) is -0.105. The van der Waals surface area contributed by atoms with Crippen LogP contribution in [0.1, 0.15) is 41.4 Å². The number of hydrogen-bond acceptors (Lipinski definition) is 8. The smallest absolute Gasteiger partial charge is 0.469 e. The molecule has 4 N–H and O–H groups in total. The Balaban J connectivity index is 1.51. The van der Waals surface area contributed by atoms with Crippen LogP contribution in [0.15, 0.2) is 42.5 Å². The van der Waals surface area contributed by atoms with Gasteiger partial charge in [-0.3, -0.25) is 4.52 Å². The lowest BCUT2D eigenvalue weighted by molar-refractivity contribution is -0.139. The second kappa shape index (κ2) is 13.3. The number of unbranched alkanes of at least 4 members (excludes halogenated alkanes) is 2. The minimum atomic E-state index is -4.76. The van der Waals surface area contributed by atoms with Crippen LogP contribution in [-0.2, 0) is 21.4 Å². The molecule has 3 rings (SSSR count). The summed E-state index contributed by atoms with van der Waals surface area (Å²) in [4.78, 5) is 17.5. The van der Waals surface area contributed by atoms with E-state index in [1.807, 2.05) is 0 Å². The summed E-state index contributed by atoms with van der Waals surface area (Å²) in [7, 11) is -4.76. The first kappa shape index (κ1) is 31.8. The van der Waals surface area contributed by atoms with Crippen molar-refractivity contribution in [1.29, 1.82) is 0 Å². The van der Waals surface area contributed by atoms with Crippen LogP contribution < -0.4 is 15.2 Å². The summed E-state index contributed by atoms with van der Waals surface area (Å²) < 4.78 is 105. The molecule has 220 valence electrons. The zero-order chi connectivity index (χ0) is 29.6. The van der Waals surface area contributed by atoms with Gasteiger partial charge in [-0.1, -0.05) is 11.3 Å². The predicted octanol–water partition coefficient (Wildman–Crippen LogP) is 5.98. The third kappa shape index (κ3) is 9.71. The number of hydrogen-bond donors (Lipinski definition) is 3. The predicted molar refractivity (Wildman–Crippen MR) is 132 cm³/mol. The van der Waals surface area contributed by atoms with Crippen molar-refractivity contribution >= 4 is 19.2 Å². The van der Waals surface area contributed by atoms with Crippen molar-refractivity contribution < 1.29 is 54.7 Å². The van der Waals surface area contributed by atoms with Crippen LogP contribution in [0, 0.1) is 0 Å².